The van der Waals surface area contributed by atoms with Crippen molar-refractivity contribution in [1.82, 2.24) is 20.2 Å². The van der Waals surface area contributed by atoms with Crippen molar-refractivity contribution in [3.8, 4) is 0 Å². The Balaban J connectivity index is 1.47. The SMILES string of the molecule is CCN1CCN(c2ncc(N3CCC(C(=O)NCCOC)CC3)cn2)CC1. The summed E-state index contributed by atoms with van der Waals surface area (Å²) in [5.74, 6) is 1.06. The highest BCUT2D eigenvalue weighted by atomic mass is 16.5. The first kappa shape index (κ1) is 19.8. The highest BCUT2D eigenvalue weighted by Gasteiger charge is 2.25. The molecule has 150 valence electrons. The summed E-state index contributed by atoms with van der Waals surface area (Å²) < 4.78 is 4.98. The standard InChI is InChI=1S/C19H32N6O2/c1-3-23-9-11-25(12-10-23)19-21-14-17(15-22-19)24-7-4-16(5-8-24)18(26)20-6-13-27-2/h14-16H,3-13H2,1-2H3,(H,20,26). The maximum absolute atomic E-state index is 12.2. The van der Waals surface area contributed by atoms with Crippen molar-refractivity contribution in [3.63, 3.8) is 0 Å². The van der Waals surface area contributed by atoms with Crippen LogP contribution in [0.3, 0.4) is 0 Å². The molecule has 0 atom stereocenters. The monoisotopic (exact) mass is 376 g/mol. The van der Waals surface area contributed by atoms with Crippen molar-refractivity contribution < 1.29 is 9.53 Å². The lowest BCUT2D eigenvalue weighted by Crippen LogP contribution is -2.46. The minimum atomic E-state index is 0.0909. The normalized spacial score (nSPS) is 19.3. The second kappa shape index (κ2) is 9.85. The summed E-state index contributed by atoms with van der Waals surface area (Å²) in [6.45, 7) is 10.3. The van der Waals surface area contributed by atoms with E-state index >= 15 is 0 Å². The Morgan fingerprint density at radius 1 is 1.11 bits per heavy atom. The number of piperazine rings is 1. The molecule has 1 N–H and O–H groups in total. The van der Waals surface area contributed by atoms with Gasteiger partial charge < -0.3 is 24.8 Å². The van der Waals surface area contributed by atoms with Crippen LogP contribution in [0.2, 0.25) is 0 Å². The van der Waals surface area contributed by atoms with Crippen LogP contribution in [-0.4, -0.2) is 86.8 Å². The third-order valence-electron chi connectivity index (χ3n) is 5.56. The van der Waals surface area contributed by atoms with Gasteiger partial charge in [0.15, 0.2) is 0 Å². The quantitative estimate of drug-likeness (QED) is 0.699. The summed E-state index contributed by atoms with van der Waals surface area (Å²) in [6, 6.07) is 0. The fourth-order valence-electron chi connectivity index (χ4n) is 3.73. The number of nitrogens with zero attached hydrogens (tertiary/aromatic N) is 5. The first-order valence-corrected chi connectivity index (χ1v) is 10.0. The number of hydrogen-bond donors (Lipinski definition) is 1. The van der Waals surface area contributed by atoms with Gasteiger partial charge in [-0.2, -0.15) is 0 Å². The fourth-order valence-corrected chi connectivity index (χ4v) is 3.73. The zero-order valence-corrected chi connectivity index (χ0v) is 16.6. The number of aromatic nitrogens is 2. The van der Waals surface area contributed by atoms with Gasteiger partial charge in [-0.25, -0.2) is 9.97 Å². The van der Waals surface area contributed by atoms with Gasteiger partial charge in [0.05, 0.1) is 24.7 Å². The molecule has 0 aromatic carbocycles. The Morgan fingerprint density at radius 3 is 2.37 bits per heavy atom. The van der Waals surface area contributed by atoms with Crippen molar-refractivity contribution >= 4 is 17.5 Å². The third kappa shape index (κ3) is 5.29. The van der Waals surface area contributed by atoms with Crippen LogP contribution in [0.1, 0.15) is 19.8 Å². The lowest BCUT2D eigenvalue weighted by atomic mass is 9.96. The van der Waals surface area contributed by atoms with Crippen LogP contribution in [0.4, 0.5) is 11.6 Å². The number of carbonyl (C=O) groups excluding carboxylic acids is 1. The largest absolute Gasteiger partial charge is 0.383 e. The molecular formula is C19H32N6O2. The van der Waals surface area contributed by atoms with E-state index in [-0.39, 0.29) is 11.8 Å². The van der Waals surface area contributed by atoms with Gasteiger partial charge in [-0.3, -0.25) is 4.79 Å². The second-order valence-corrected chi connectivity index (χ2v) is 7.21. The number of amides is 1. The van der Waals surface area contributed by atoms with E-state index in [0.29, 0.717) is 13.2 Å². The molecule has 8 heteroatoms. The predicted octanol–water partition coefficient (Wildman–Crippen LogP) is 0.598. The number of anilines is 2. The number of piperidine rings is 1. The Morgan fingerprint density at radius 2 is 1.78 bits per heavy atom. The Kier molecular flexibility index (Phi) is 7.23. The Bertz CT molecular complexity index is 580. The summed E-state index contributed by atoms with van der Waals surface area (Å²) >= 11 is 0. The molecule has 1 amide bonds. The van der Waals surface area contributed by atoms with E-state index in [1.165, 1.54) is 0 Å². The number of ether oxygens (including phenoxy) is 1. The van der Waals surface area contributed by atoms with E-state index in [1.54, 1.807) is 7.11 Å². The van der Waals surface area contributed by atoms with Gasteiger partial charge >= 0.3 is 0 Å². The van der Waals surface area contributed by atoms with Gasteiger partial charge in [0, 0.05) is 58.8 Å². The summed E-state index contributed by atoms with van der Waals surface area (Å²) in [5.41, 5.74) is 1.05. The van der Waals surface area contributed by atoms with Gasteiger partial charge in [0.2, 0.25) is 11.9 Å². The lowest BCUT2D eigenvalue weighted by molar-refractivity contribution is -0.125. The van der Waals surface area contributed by atoms with E-state index in [4.69, 9.17) is 4.74 Å². The average Bonchev–Trinajstić information content (AvgIpc) is 2.74. The van der Waals surface area contributed by atoms with E-state index in [1.807, 2.05) is 12.4 Å². The zero-order valence-electron chi connectivity index (χ0n) is 16.6. The second-order valence-electron chi connectivity index (χ2n) is 7.21. The number of likely N-dealkylation sites (N-methyl/N-ethyl adjacent to an activating group) is 1. The zero-order chi connectivity index (χ0) is 19.1. The van der Waals surface area contributed by atoms with E-state index in [2.05, 4.69) is 36.9 Å². The molecule has 0 radical (unpaired) electrons. The van der Waals surface area contributed by atoms with E-state index < -0.39 is 0 Å². The van der Waals surface area contributed by atoms with Crippen LogP contribution in [0, 0.1) is 5.92 Å². The minimum absolute atomic E-state index is 0.0909. The molecule has 0 aliphatic carbocycles. The van der Waals surface area contributed by atoms with Gasteiger partial charge in [-0.15, -0.1) is 0 Å². The van der Waals surface area contributed by atoms with Crippen molar-refractivity contribution in [3.05, 3.63) is 12.4 Å². The Hall–Kier alpha value is -1.93. The van der Waals surface area contributed by atoms with Crippen LogP contribution < -0.4 is 15.1 Å². The Labute approximate surface area is 161 Å². The molecule has 2 aliphatic heterocycles. The first-order valence-electron chi connectivity index (χ1n) is 10.0. The molecule has 0 saturated carbocycles. The van der Waals surface area contributed by atoms with Crippen LogP contribution in [0.5, 0.6) is 0 Å². The maximum Gasteiger partial charge on any atom is 0.225 e. The highest BCUT2D eigenvalue weighted by Crippen LogP contribution is 2.23. The number of methoxy groups -OCH3 is 1. The molecule has 1 aromatic rings. The van der Waals surface area contributed by atoms with Gasteiger partial charge in [0.25, 0.3) is 0 Å². The molecule has 0 spiro atoms. The number of hydrogen-bond acceptors (Lipinski definition) is 7. The summed E-state index contributed by atoms with van der Waals surface area (Å²) in [6.07, 6.45) is 5.57. The van der Waals surface area contributed by atoms with Crippen molar-refractivity contribution in [2.24, 2.45) is 5.92 Å². The molecule has 2 fully saturated rings. The predicted molar refractivity (Wildman–Crippen MR) is 106 cm³/mol. The van der Waals surface area contributed by atoms with Crippen LogP contribution in [0.25, 0.3) is 0 Å². The highest BCUT2D eigenvalue weighted by molar-refractivity contribution is 5.79. The molecule has 3 heterocycles. The van der Waals surface area contributed by atoms with Crippen LogP contribution >= 0.6 is 0 Å². The van der Waals surface area contributed by atoms with Gasteiger partial charge in [-0.1, -0.05) is 6.92 Å². The molecule has 2 saturated heterocycles. The smallest absolute Gasteiger partial charge is 0.225 e. The van der Waals surface area contributed by atoms with E-state index in [9.17, 15) is 4.79 Å². The minimum Gasteiger partial charge on any atom is -0.383 e. The molecular weight excluding hydrogens is 344 g/mol. The third-order valence-corrected chi connectivity index (χ3v) is 5.56. The molecule has 3 rings (SSSR count). The number of nitrogens with one attached hydrogen (secondary N) is 1. The first-order chi connectivity index (χ1) is 13.2. The van der Waals surface area contributed by atoms with Gasteiger partial charge in [0.1, 0.15) is 0 Å². The van der Waals surface area contributed by atoms with Crippen molar-refractivity contribution in [1.29, 1.82) is 0 Å². The van der Waals surface area contributed by atoms with Gasteiger partial charge in [-0.05, 0) is 19.4 Å². The number of carbonyl (C=O) groups is 1. The molecule has 27 heavy (non-hydrogen) atoms. The lowest BCUT2D eigenvalue weighted by Gasteiger charge is -2.35. The maximum atomic E-state index is 12.2. The summed E-state index contributed by atoms with van der Waals surface area (Å²) in [4.78, 5) is 28.3. The molecule has 8 nitrogen and oxygen atoms in total. The molecule has 0 bridgehead atoms. The average molecular weight is 377 g/mol. The summed E-state index contributed by atoms with van der Waals surface area (Å²) in [5, 5.41) is 2.94. The summed E-state index contributed by atoms with van der Waals surface area (Å²) in [7, 11) is 1.64. The molecule has 0 unspecified atom stereocenters. The molecule has 2 aliphatic rings. The van der Waals surface area contributed by atoms with Crippen molar-refractivity contribution in [2.75, 3.05) is 75.9 Å². The van der Waals surface area contributed by atoms with Crippen molar-refractivity contribution in [2.45, 2.75) is 19.8 Å². The number of rotatable bonds is 7. The van der Waals surface area contributed by atoms with Crippen LogP contribution in [0.15, 0.2) is 12.4 Å². The van der Waals surface area contributed by atoms with Crippen LogP contribution in [-0.2, 0) is 9.53 Å². The topological polar surface area (TPSA) is 73.8 Å². The van der Waals surface area contributed by atoms with E-state index in [0.717, 1.165) is 70.3 Å². The molecule has 1 aromatic heterocycles. The fraction of sp³-hybridized carbons (Fsp3) is 0.737.